The van der Waals surface area contributed by atoms with E-state index < -0.39 is 0 Å². The van der Waals surface area contributed by atoms with E-state index in [-0.39, 0.29) is 17.5 Å². The molecule has 0 unspecified atom stereocenters. The SMILES string of the molecule is COc1ccc(SCC(=O)N(Cc2ccncc2)c2nc3ccc(F)cc3s2)cc1. The van der Waals surface area contributed by atoms with Crippen LogP contribution in [0.15, 0.2) is 71.9 Å². The Morgan fingerprint density at radius 3 is 2.63 bits per heavy atom. The van der Waals surface area contributed by atoms with Gasteiger partial charge in [-0.2, -0.15) is 0 Å². The van der Waals surface area contributed by atoms with Gasteiger partial charge in [0.2, 0.25) is 5.91 Å². The van der Waals surface area contributed by atoms with Gasteiger partial charge in [0.25, 0.3) is 0 Å². The van der Waals surface area contributed by atoms with Crippen molar-refractivity contribution in [3.63, 3.8) is 0 Å². The highest BCUT2D eigenvalue weighted by atomic mass is 32.2. The number of anilines is 1. The summed E-state index contributed by atoms with van der Waals surface area (Å²) >= 11 is 2.75. The highest BCUT2D eigenvalue weighted by molar-refractivity contribution is 8.00. The van der Waals surface area contributed by atoms with Crippen LogP contribution in [0, 0.1) is 5.82 Å². The van der Waals surface area contributed by atoms with Gasteiger partial charge in [0, 0.05) is 17.3 Å². The Balaban J connectivity index is 1.57. The first-order valence-electron chi connectivity index (χ1n) is 9.14. The summed E-state index contributed by atoms with van der Waals surface area (Å²) in [6.45, 7) is 0.368. The number of hydrogen-bond acceptors (Lipinski definition) is 6. The van der Waals surface area contributed by atoms with Crippen LogP contribution in [-0.4, -0.2) is 28.7 Å². The first-order valence-corrected chi connectivity index (χ1v) is 10.9. The van der Waals surface area contributed by atoms with Crippen molar-refractivity contribution in [2.45, 2.75) is 11.4 Å². The number of pyridine rings is 1. The lowest BCUT2D eigenvalue weighted by Gasteiger charge is -2.20. The average molecular weight is 440 g/mol. The number of carbonyl (C=O) groups is 1. The predicted octanol–water partition coefficient (Wildman–Crippen LogP) is 5.16. The van der Waals surface area contributed by atoms with Gasteiger partial charge in [-0.1, -0.05) is 11.3 Å². The molecule has 0 N–H and O–H groups in total. The number of ether oxygens (including phenoxy) is 1. The standard InChI is InChI=1S/C22H18FN3O2S2/c1-28-17-3-5-18(6-4-17)29-14-21(27)26(13-15-8-10-24-11-9-15)22-25-19-7-2-16(23)12-20(19)30-22/h2-12H,13-14H2,1H3. The zero-order valence-corrected chi connectivity index (χ0v) is 17.8. The number of aromatic nitrogens is 2. The minimum absolute atomic E-state index is 0.0767. The van der Waals surface area contributed by atoms with Gasteiger partial charge in [-0.3, -0.25) is 14.7 Å². The molecule has 2 heterocycles. The lowest BCUT2D eigenvalue weighted by atomic mass is 10.2. The quantitative estimate of drug-likeness (QED) is 0.372. The molecule has 0 aliphatic heterocycles. The number of amides is 1. The molecule has 2 aromatic heterocycles. The van der Waals surface area contributed by atoms with Crippen molar-refractivity contribution in [3.05, 3.63) is 78.4 Å². The van der Waals surface area contributed by atoms with Crippen molar-refractivity contribution in [3.8, 4) is 5.75 Å². The summed E-state index contributed by atoms with van der Waals surface area (Å²) in [5, 5.41) is 0.549. The van der Waals surface area contributed by atoms with E-state index >= 15 is 0 Å². The fourth-order valence-electron chi connectivity index (χ4n) is 2.83. The van der Waals surface area contributed by atoms with Crippen molar-refractivity contribution in [2.75, 3.05) is 17.8 Å². The molecule has 0 saturated carbocycles. The van der Waals surface area contributed by atoms with Crippen LogP contribution in [0.1, 0.15) is 5.56 Å². The van der Waals surface area contributed by atoms with E-state index in [0.717, 1.165) is 16.2 Å². The number of thioether (sulfide) groups is 1. The monoisotopic (exact) mass is 439 g/mol. The van der Waals surface area contributed by atoms with Crippen molar-refractivity contribution < 1.29 is 13.9 Å². The largest absolute Gasteiger partial charge is 0.497 e. The molecule has 8 heteroatoms. The van der Waals surface area contributed by atoms with Gasteiger partial charge >= 0.3 is 0 Å². The maximum atomic E-state index is 13.6. The molecule has 4 aromatic rings. The molecule has 0 aliphatic carbocycles. The maximum Gasteiger partial charge on any atom is 0.239 e. The number of nitrogens with zero attached hydrogens (tertiary/aromatic N) is 3. The van der Waals surface area contributed by atoms with Gasteiger partial charge in [-0.25, -0.2) is 9.37 Å². The molecule has 5 nitrogen and oxygen atoms in total. The van der Waals surface area contributed by atoms with Gasteiger partial charge in [0.1, 0.15) is 11.6 Å². The summed E-state index contributed by atoms with van der Waals surface area (Å²) in [5.74, 6) is 0.625. The van der Waals surface area contributed by atoms with Crippen LogP contribution in [0.3, 0.4) is 0 Å². The first-order chi connectivity index (χ1) is 14.6. The smallest absolute Gasteiger partial charge is 0.239 e. The van der Waals surface area contributed by atoms with Crippen molar-refractivity contribution in [1.82, 2.24) is 9.97 Å². The first kappa shape index (κ1) is 20.3. The number of rotatable bonds is 7. The predicted molar refractivity (Wildman–Crippen MR) is 119 cm³/mol. The van der Waals surface area contributed by atoms with E-state index in [9.17, 15) is 9.18 Å². The fraction of sp³-hybridized carbons (Fsp3) is 0.136. The number of fused-ring (bicyclic) bond motifs is 1. The van der Waals surface area contributed by atoms with Crippen molar-refractivity contribution in [1.29, 1.82) is 0 Å². The molecule has 4 rings (SSSR count). The van der Waals surface area contributed by atoms with Gasteiger partial charge < -0.3 is 4.74 Å². The van der Waals surface area contributed by atoms with Crippen LogP contribution in [0.5, 0.6) is 5.75 Å². The van der Waals surface area contributed by atoms with Crippen molar-refractivity contribution in [2.24, 2.45) is 0 Å². The summed E-state index contributed by atoms with van der Waals surface area (Å²) in [4.78, 5) is 24.4. The third kappa shape index (κ3) is 4.77. The zero-order valence-electron chi connectivity index (χ0n) is 16.1. The van der Waals surface area contributed by atoms with E-state index in [4.69, 9.17) is 4.74 Å². The number of hydrogen-bond donors (Lipinski definition) is 0. The molecule has 1 amide bonds. The second kappa shape index (κ2) is 9.23. The Morgan fingerprint density at radius 1 is 1.13 bits per heavy atom. The summed E-state index contributed by atoms with van der Waals surface area (Å²) in [7, 11) is 1.62. The molecule has 0 radical (unpaired) electrons. The number of carbonyl (C=O) groups excluding carboxylic acids is 1. The maximum absolute atomic E-state index is 13.6. The Labute approximate surface area is 181 Å². The Kier molecular flexibility index (Phi) is 6.25. The zero-order chi connectivity index (χ0) is 20.9. The molecule has 0 fully saturated rings. The second-order valence-electron chi connectivity index (χ2n) is 6.41. The lowest BCUT2D eigenvalue weighted by molar-refractivity contribution is -0.116. The summed E-state index contributed by atoms with van der Waals surface area (Å²) in [6, 6.07) is 15.7. The van der Waals surface area contributed by atoms with Crippen LogP contribution in [0.2, 0.25) is 0 Å². The molecule has 30 heavy (non-hydrogen) atoms. The molecule has 0 saturated heterocycles. The topological polar surface area (TPSA) is 55.3 Å². The Morgan fingerprint density at radius 2 is 1.90 bits per heavy atom. The molecular formula is C22H18FN3O2S2. The van der Waals surface area contributed by atoms with Crippen LogP contribution in [0.25, 0.3) is 10.2 Å². The van der Waals surface area contributed by atoms with Gasteiger partial charge in [0.15, 0.2) is 5.13 Å². The molecule has 0 bridgehead atoms. The van der Waals surface area contributed by atoms with E-state index in [1.165, 1.54) is 35.2 Å². The molecular weight excluding hydrogens is 421 g/mol. The van der Waals surface area contributed by atoms with Gasteiger partial charge in [0.05, 0.1) is 29.6 Å². The highest BCUT2D eigenvalue weighted by Crippen LogP contribution is 2.31. The lowest BCUT2D eigenvalue weighted by Crippen LogP contribution is -2.31. The van der Waals surface area contributed by atoms with E-state index in [1.54, 1.807) is 30.5 Å². The summed E-state index contributed by atoms with van der Waals surface area (Å²) in [5.41, 5.74) is 1.62. The number of methoxy groups -OCH3 is 1. The fourth-order valence-corrected chi connectivity index (χ4v) is 4.61. The summed E-state index contributed by atoms with van der Waals surface area (Å²) < 4.78 is 19.5. The minimum Gasteiger partial charge on any atom is -0.497 e. The number of benzene rings is 2. The van der Waals surface area contributed by atoms with Gasteiger partial charge in [-0.05, 0) is 60.2 Å². The normalized spacial score (nSPS) is 10.9. The third-order valence-corrected chi connectivity index (χ3v) is 6.42. The van der Waals surface area contributed by atoms with E-state index in [2.05, 4.69) is 9.97 Å². The van der Waals surface area contributed by atoms with Crippen LogP contribution in [-0.2, 0) is 11.3 Å². The molecule has 0 aliphatic rings. The Hall–Kier alpha value is -2.97. The molecule has 2 aromatic carbocycles. The second-order valence-corrected chi connectivity index (χ2v) is 8.47. The molecule has 0 atom stereocenters. The van der Waals surface area contributed by atoms with Crippen LogP contribution in [0.4, 0.5) is 9.52 Å². The summed E-state index contributed by atoms with van der Waals surface area (Å²) in [6.07, 6.45) is 3.38. The average Bonchev–Trinajstić information content (AvgIpc) is 3.19. The highest BCUT2D eigenvalue weighted by Gasteiger charge is 2.20. The minimum atomic E-state index is -0.320. The molecule has 0 spiro atoms. The third-order valence-electron chi connectivity index (χ3n) is 4.38. The van der Waals surface area contributed by atoms with Crippen LogP contribution >= 0.6 is 23.1 Å². The van der Waals surface area contributed by atoms with Crippen LogP contribution < -0.4 is 9.64 Å². The van der Waals surface area contributed by atoms with E-state index in [1.807, 2.05) is 36.4 Å². The number of thiazole rings is 1. The van der Waals surface area contributed by atoms with Crippen molar-refractivity contribution >= 4 is 44.4 Å². The van der Waals surface area contributed by atoms with E-state index in [0.29, 0.717) is 21.9 Å². The van der Waals surface area contributed by atoms with Gasteiger partial charge in [-0.15, -0.1) is 11.8 Å². The Bertz CT molecular complexity index is 1150. The molecule has 152 valence electrons. The number of halogens is 1.